The van der Waals surface area contributed by atoms with Gasteiger partial charge in [0.2, 0.25) is 0 Å². The molecule has 0 atom stereocenters. The minimum atomic E-state index is 1.16. The average molecular weight is 711 g/mol. The molecule has 0 aliphatic carbocycles. The summed E-state index contributed by atoms with van der Waals surface area (Å²) in [4.78, 5) is 0. The lowest BCUT2D eigenvalue weighted by molar-refractivity contribution is 1.18. The summed E-state index contributed by atoms with van der Waals surface area (Å²) in [5, 5.41) is 12.6. The van der Waals surface area contributed by atoms with Crippen molar-refractivity contribution >= 4 is 75.9 Å². The molecular formula is C54H34N2. The first-order valence-electron chi connectivity index (χ1n) is 19.3. The summed E-state index contributed by atoms with van der Waals surface area (Å²) in [5.74, 6) is 0. The molecule has 12 aromatic rings. The lowest BCUT2D eigenvalue weighted by atomic mass is 9.95. The molecule has 0 saturated heterocycles. The number of hydrogen-bond donors (Lipinski definition) is 0. The fraction of sp³-hybridized carbons (Fsp3) is 0. The molecule has 260 valence electrons. The normalized spacial score (nSPS) is 11.9. The van der Waals surface area contributed by atoms with E-state index in [-0.39, 0.29) is 0 Å². The Kier molecular flexibility index (Phi) is 6.66. The van der Waals surface area contributed by atoms with Crippen molar-refractivity contribution in [1.29, 1.82) is 0 Å². The van der Waals surface area contributed by atoms with Crippen LogP contribution in [0.2, 0.25) is 0 Å². The molecule has 2 heterocycles. The molecule has 0 saturated carbocycles. The van der Waals surface area contributed by atoms with Crippen molar-refractivity contribution in [3.8, 4) is 33.6 Å². The third kappa shape index (κ3) is 4.57. The van der Waals surface area contributed by atoms with E-state index in [2.05, 4.69) is 215 Å². The zero-order valence-corrected chi connectivity index (χ0v) is 30.5. The summed E-state index contributed by atoms with van der Waals surface area (Å²) in [5.41, 5.74) is 12.1. The smallest absolute Gasteiger partial charge is 0.0547 e. The van der Waals surface area contributed by atoms with Crippen LogP contribution in [0.3, 0.4) is 0 Å². The molecule has 2 aromatic heterocycles. The minimum Gasteiger partial charge on any atom is -0.309 e. The summed E-state index contributed by atoms with van der Waals surface area (Å²) < 4.78 is 4.87. The van der Waals surface area contributed by atoms with Crippen LogP contribution in [0, 0.1) is 0 Å². The Labute approximate surface area is 323 Å². The van der Waals surface area contributed by atoms with Crippen molar-refractivity contribution in [2.75, 3.05) is 0 Å². The molecule has 0 amide bonds. The second kappa shape index (κ2) is 12.0. The lowest BCUT2D eigenvalue weighted by Crippen LogP contribution is -1.95. The Morgan fingerprint density at radius 2 is 0.786 bits per heavy atom. The van der Waals surface area contributed by atoms with Crippen molar-refractivity contribution in [2.24, 2.45) is 0 Å². The molecule has 0 fully saturated rings. The maximum atomic E-state index is 2.45. The molecule has 2 heteroatoms. The molecule has 56 heavy (non-hydrogen) atoms. The van der Waals surface area contributed by atoms with E-state index in [0.29, 0.717) is 0 Å². The number of fused-ring (bicyclic) bond motifs is 11. The molecule has 0 aliphatic rings. The number of benzene rings is 10. The van der Waals surface area contributed by atoms with E-state index >= 15 is 0 Å². The van der Waals surface area contributed by atoms with Gasteiger partial charge >= 0.3 is 0 Å². The molecule has 2 nitrogen and oxygen atoms in total. The fourth-order valence-electron chi connectivity index (χ4n) is 9.32. The average Bonchev–Trinajstić information content (AvgIpc) is 3.80. The maximum absolute atomic E-state index is 2.45. The number of para-hydroxylation sites is 2. The van der Waals surface area contributed by atoms with Gasteiger partial charge in [-0.1, -0.05) is 152 Å². The molecule has 10 aromatic carbocycles. The van der Waals surface area contributed by atoms with Gasteiger partial charge in [0.05, 0.1) is 27.8 Å². The van der Waals surface area contributed by atoms with Crippen LogP contribution in [0.1, 0.15) is 0 Å². The van der Waals surface area contributed by atoms with E-state index in [1.54, 1.807) is 0 Å². The van der Waals surface area contributed by atoms with Crippen LogP contribution in [-0.2, 0) is 0 Å². The van der Waals surface area contributed by atoms with E-state index in [9.17, 15) is 0 Å². The Balaban J connectivity index is 1.02. The fourth-order valence-corrected chi connectivity index (χ4v) is 9.32. The van der Waals surface area contributed by atoms with Gasteiger partial charge in [-0.2, -0.15) is 0 Å². The number of aromatic nitrogens is 2. The van der Waals surface area contributed by atoms with Crippen molar-refractivity contribution in [3.63, 3.8) is 0 Å². The van der Waals surface area contributed by atoms with Gasteiger partial charge in [-0.3, -0.25) is 0 Å². The summed E-state index contributed by atoms with van der Waals surface area (Å²) in [7, 11) is 0. The van der Waals surface area contributed by atoms with Crippen LogP contribution in [0.25, 0.3) is 110 Å². The molecule has 0 N–H and O–H groups in total. The summed E-state index contributed by atoms with van der Waals surface area (Å²) in [6, 6.07) is 75.7. The first-order chi connectivity index (χ1) is 27.8. The van der Waals surface area contributed by atoms with E-state index < -0.39 is 0 Å². The van der Waals surface area contributed by atoms with Crippen molar-refractivity contribution in [1.82, 2.24) is 9.13 Å². The molecule has 0 unspecified atom stereocenters. The molecule has 0 bridgehead atoms. The Morgan fingerprint density at radius 1 is 0.250 bits per heavy atom. The highest BCUT2D eigenvalue weighted by Crippen LogP contribution is 2.41. The van der Waals surface area contributed by atoms with Crippen LogP contribution in [0.15, 0.2) is 206 Å². The molecular weight excluding hydrogens is 677 g/mol. The van der Waals surface area contributed by atoms with Crippen molar-refractivity contribution < 1.29 is 0 Å². The summed E-state index contributed by atoms with van der Waals surface area (Å²) in [6.45, 7) is 0. The standard InChI is InChI=1S/C54H34N2/c1-2-11-35(12-3-1)36-23-28-42(29-24-36)55-49-18-8-6-16-45(49)54-47-34-40(22-21-38(47)26-31-51(54)55)39-25-30-44-41(33-39)27-32-52-53(44)46-17-7-9-19-50(46)56(52)48-20-10-14-37-13-4-5-15-43(37)48/h1-34H. The summed E-state index contributed by atoms with van der Waals surface area (Å²) >= 11 is 0. The quantitative estimate of drug-likeness (QED) is 0.172. The van der Waals surface area contributed by atoms with Gasteiger partial charge in [0, 0.05) is 32.6 Å². The largest absolute Gasteiger partial charge is 0.309 e. The Hall–Kier alpha value is -7.42. The first kappa shape index (κ1) is 31.0. The zero-order valence-electron chi connectivity index (χ0n) is 30.5. The predicted octanol–water partition coefficient (Wildman–Crippen LogP) is 14.7. The van der Waals surface area contributed by atoms with E-state index in [0.717, 1.165) is 5.69 Å². The van der Waals surface area contributed by atoms with E-state index in [4.69, 9.17) is 0 Å². The van der Waals surface area contributed by atoms with Gasteiger partial charge in [0.25, 0.3) is 0 Å². The molecule has 0 spiro atoms. The Morgan fingerprint density at radius 3 is 1.59 bits per heavy atom. The lowest BCUT2D eigenvalue weighted by Gasteiger charge is -2.12. The molecule has 0 aliphatic heterocycles. The van der Waals surface area contributed by atoms with Gasteiger partial charge in [0.1, 0.15) is 0 Å². The maximum Gasteiger partial charge on any atom is 0.0547 e. The van der Waals surface area contributed by atoms with Crippen LogP contribution < -0.4 is 0 Å². The number of nitrogens with zero attached hydrogens (tertiary/aromatic N) is 2. The third-order valence-corrected chi connectivity index (χ3v) is 11.9. The predicted molar refractivity (Wildman–Crippen MR) is 239 cm³/mol. The highest BCUT2D eigenvalue weighted by Gasteiger charge is 2.18. The summed E-state index contributed by atoms with van der Waals surface area (Å²) in [6.07, 6.45) is 0. The highest BCUT2D eigenvalue weighted by molar-refractivity contribution is 6.23. The zero-order chi connectivity index (χ0) is 36.7. The van der Waals surface area contributed by atoms with Gasteiger partial charge in [-0.15, -0.1) is 0 Å². The highest BCUT2D eigenvalue weighted by atomic mass is 15.0. The van der Waals surface area contributed by atoms with Crippen molar-refractivity contribution in [2.45, 2.75) is 0 Å². The van der Waals surface area contributed by atoms with Gasteiger partial charge in [-0.05, 0) is 104 Å². The second-order valence-electron chi connectivity index (χ2n) is 14.9. The van der Waals surface area contributed by atoms with Crippen molar-refractivity contribution in [3.05, 3.63) is 206 Å². The van der Waals surface area contributed by atoms with Crippen LogP contribution >= 0.6 is 0 Å². The van der Waals surface area contributed by atoms with Gasteiger partial charge in [-0.25, -0.2) is 0 Å². The second-order valence-corrected chi connectivity index (χ2v) is 14.9. The Bertz CT molecular complexity index is 3510. The topological polar surface area (TPSA) is 9.86 Å². The van der Waals surface area contributed by atoms with Crippen LogP contribution in [0.4, 0.5) is 0 Å². The number of hydrogen-bond acceptors (Lipinski definition) is 0. The number of rotatable bonds is 4. The molecule has 12 rings (SSSR count). The van der Waals surface area contributed by atoms with E-state index in [1.807, 2.05) is 0 Å². The van der Waals surface area contributed by atoms with Gasteiger partial charge < -0.3 is 9.13 Å². The van der Waals surface area contributed by atoms with Crippen LogP contribution in [-0.4, -0.2) is 9.13 Å². The molecule has 0 radical (unpaired) electrons. The SMILES string of the molecule is c1ccc(-c2ccc(-n3c4ccccc4c4c5cc(-c6ccc7c(ccc8c7c7ccccc7n8-c7cccc8ccccc78)c6)ccc5ccc43)cc2)cc1. The van der Waals surface area contributed by atoms with E-state index in [1.165, 1.54) is 104 Å². The van der Waals surface area contributed by atoms with Gasteiger partial charge in [0.15, 0.2) is 0 Å². The minimum absolute atomic E-state index is 1.16. The monoisotopic (exact) mass is 710 g/mol. The first-order valence-corrected chi connectivity index (χ1v) is 19.3. The van der Waals surface area contributed by atoms with Crippen LogP contribution in [0.5, 0.6) is 0 Å². The third-order valence-electron chi connectivity index (χ3n) is 11.9.